The van der Waals surface area contributed by atoms with Crippen molar-refractivity contribution in [2.24, 2.45) is 5.73 Å². The lowest BCUT2D eigenvalue weighted by Gasteiger charge is -2.39. The number of amides is 1. The van der Waals surface area contributed by atoms with Gasteiger partial charge in [-0.3, -0.25) is 14.6 Å². The summed E-state index contributed by atoms with van der Waals surface area (Å²) < 4.78 is 0. The van der Waals surface area contributed by atoms with Gasteiger partial charge < -0.3 is 20.6 Å². The maximum Gasteiger partial charge on any atom is 0.339 e. The smallest absolute Gasteiger partial charge is 0.339 e. The number of hydrogen-bond acceptors (Lipinski definition) is 8. The highest BCUT2D eigenvalue weighted by molar-refractivity contribution is 6.31. The second-order valence-corrected chi connectivity index (χ2v) is 14.7. The van der Waals surface area contributed by atoms with E-state index in [-0.39, 0.29) is 17.6 Å². The molecule has 1 amide bonds. The van der Waals surface area contributed by atoms with Crippen LogP contribution in [0.2, 0.25) is 10.0 Å². The van der Waals surface area contributed by atoms with E-state index in [1.54, 1.807) is 36.7 Å². The van der Waals surface area contributed by atoms with Crippen molar-refractivity contribution in [2.75, 3.05) is 49.1 Å². The molecule has 6 heterocycles. The fourth-order valence-corrected chi connectivity index (χ4v) is 8.30. The summed E-state index contributed by atoms with van der Waals surface area (Å²) in [5.41, 5.74) is 8.15. The zero-order valence-corrected chi connectivity index (χ0v) is 31.3. The second kappa shape index (κ2) is 16.9. The molecule has 2 aromatic heterocycles. The summed E-state index contributed by atoms with van der Waals surface area (Å²) >= 11 is 12.1. The molecule has 10 nitrogen and oxygen atoms in total. The molecule has 0 bridgehead atoms. The van der Waals surface area contributed by atoms with Crippen LogP contribution in [0.3, 0.4) is 0 Å². The van der Waals surface area contributed by atoms with Gasteiger partial charge in [0.2, 0.25) is 0 Å². The van der Waals surface area contributed by atoms with Crippen LogP contribution in [0.25, 0.3) is 0 Å². The van der Waals surface area contributed by atoms with Crippen LogP contribution in [0.4, 0.5) is 11.6 Å². The molecule has 0 saturated carbocycles. The molecule has 4 aromatic rings. The Bertz CT molecular complexity index is 1990. The van der Waals surface area contributed by atoms with Gasteiger partial charge >= 0.3 is 5.97 Å². The van der Waals surface area contributed by atoms with Gasteiger partial charge in [-0.05, 0) is 86.3 Å². The standard InChI is InChI=1S/C21H21ClN4O.C21H20ClN3O2/c22-16-4-1-3-15(13-16)6-7-17-8-9-18-14-25(11-12-26(17)18)21-19(20(23)27)5-2-10-24-21;22-16-4-1-3-15(13-16)6-7-17-8-9-18-14-24(11-12-25(17)18)20-19(21(26)27)5-2-10-23-20/h1-5,10,13,17-18H,8-9,11-12,14H2,(H2,23,27);1-5,10,13,17-18H,8-9,11-12,14H2,(H,26,27)/t2*17-,18-/m00/s1. The lowest BCUT2D eigenvalue weighted by molar-refractivity contribution is 0.0696. The summed E-state index contributed by atoms with van der Waals surface area (Å²) in [6.07, 6.45) is 7.59. The number of aromatic carboxylic acids is 1. The Labute approximate surface area is 325 Å². The third-order valence-electron chi connectivity index (χ3n) is 10.5. The highest BCUT2D eigenvalue weighted by Crippen LogP contribution is 2.31. The first-order valence-corrected chi connectivity index (χ1v) is 19.0. The molecule has 0 unspecified atom stereocenters. The molecule has 3 N–H and O–H groups in total. The molecule has 4 fully saturated rings. The number of carbonyl (C=O) groups excluding carboxylic acids is 1. The molecule has 4 aliphatic heterocycles. The lowest BCUT2D eigenvalue weighted by atomic mass is 10.1. The number of anilines is 2. The van der Waals surface area contributed by atoms with Crippen LogP contribution in [0.15, 0.2) is 85.2 Å². The number of benzene rings is 2. The van der Waals surface area contributed by atoms with E-state index in [9.17, 15) is 14.7 Å². The van der Waals surface area contributed by atoms with Crippen molar-refractivity contribution in [2.45, 2.75) is 49.9 Å². The Morgan fingerprint density at radius 1 is 0.667 bits per heavy atom. The number of carboxylic acids is 1. The van der Waals surface area contributed by atoms with Crippen LogP contribution >= 0.6 is 23.2 Å². The summed E-state index contributed by atoms with van der Waals surface area (Å²) in [6, 6.07) is 23.3. The topological polar surface area (TPSA) is 119 Å². The minimum atomic E-state index is -0.933. The SMILES string of the molecule is NC(=O)c1cccnc1N1CCN2[C@@H](CC[C@@H]2C#Cc2cccc(Cl)c2)C1.O=C(O)c1cccnc1N1CCN2[C@@H](CC[C@@H]2C#Cc2cccc(Cl)c2)C1. The van der Waals surface area contributed by atoms with E-state index in [0.717, 1.165) is 76.1 Å². The van der Waals surface area contributed by atoms with Crippen molar-refractivity contribution in [1.82, 2.24) is 19.8 Å². The second-order valence-electron chi connectivity index (χ2n) is 13.8. The van der Waals surface area contributed by atoms with E-state index in [1.807, 2.05) is 48.5 Å². The van der Waals surface area contributed by atoms with Crippen molar-refractivity contribution in [3.8, 4) is 23.7 Å². The number of primary amides is 1. The first-order chi connectivity index (χ1) is 26.2. The Hall–Kier alpha value is -5.10. The first kappa shape index (κ1) is 37.2. The highest BCUT2D eigenvalue weighted by atomic mass is 35.5. The molecule has 0 spiro atoms. The van der Waals surface area contributed by atoms with Crippen molar-refractivity contribution in [1.29, 1.82) is 0 Å². The Balaban J connectivity index is 0.000000167. The fourth-order valence-electron chi connectivity index (χ4n) is 7.92. The number of pyridine rings is 2. The van der Waals surface area contributed by atoms with E-state index >= 15 is 0 Å². The van der Waals surface area contributed by atoms with E-state index in [4.69, 9.17) is 28.9 Å². The van der Waals surface area contributed by atoms with Crippen molar-refractivity contribution < 1.29 is 14.7 Å². The van der Waals surface area contributed by atoms with Gasteiger partial charge in [0, 0.05) is 84.9 Å². The van der Waals surface area contributed by atoms with Gasteiger partial charge in [-0.1, -0.05) is 59.0 Å². The van der Waals surface area contributed by atoms with E-state index in [1.165, 1.54) is 0 Å². The third-order valence-corrected chi connectivity index (χ3v) is 11.0. The maximum absolute atomic E-state index is 11.7. The van der Waals surface area contributed by atoms with Crippen molar-refractivity contribution in [3.63, 3.8) is 0 Å². The van der Waals surface area contributed by atoms with Gasteiger partial charge in [-0.2, -0.15) is 0 Å². The average Bonchev–Trinajstić information content (AvgIpc) is 3.79. The van der Waals surface area contributed by atoms with Crippen LogP contribution < -0.4 is 15.5 Å². The average molecular weight is 763 g/mol. The third kappa shape index (κ3) is 8.65. The number of nitrogens with two attached hydrogens (primary N) is 1. The van der Waals surface area contributed by atoms with Gasteiger partial charge in [0.05, 0.1) is 17.6 Å². The molecule has 4 saturated heterocycles. The van der Waals surface area contributed by atoms with E-state index in [2.05, 4.69) is 53.2 Å². The summed E-state index contributed by atoms with van der Waals surface area (Å²) in [5.74, 6) is 13.2. The zero-order valence-electron chi connectivity index (χ0n) is 29.7. The van der Waals surface area contributed by atoms with E-state index in [0.29, 0.717) is 39.3 Å². The molecule has 2 aromatic carbocycles. The minimum absolute atomic E-state index is 0.235. The molecule has 276 valence electrons. The molecule has 0 radical (unpaired) electrons. The largest absolute Gasteiger partial charge is 0.478 e. The van der Waals surface area contributed by atoms with Crippen molar-refractivity contribution in [3.05, 3.63) is 117 Å². The molecular weight excluding hydrogens is 721 g/mol. The molecule has 8 rings (SSSR count). The predicted molar refractivity (Wildman–Crippen MR) is 212 cm³/mol. The van der Waals surface area contributed by atoms with Gasteiger partial charge in [-0.15, -0.1) is 0 Å². The number of rotatable bonds is 4. The molecule has 4 atom stereocenters. The molecule has 54 heavy (non-hydrogen) atoms. The van der Waals surface area contributed by atoms with Crippen LogP contribution in [0.1, 0.15) is 57.5 Å². The summed E-state index contributed by atoms with van der Waals surface area (Å²) in [5, 5.41) is 10.8. The normalized spacial score (nSPS) is 22.0. The number of fused-ring (bicyclic) bond motifs is 2. The number of carbonyl (C=O) groups is 2. The number of aromatic nitrogens is 2. The zero-order chi connectivity index (χ0) is 37.6. The Morgan fingerprint density at radius 2 is 1.15 bits per heavy atom. The molecule has 0 aliphatic carbocycles. The van der Waals surface area contributed by atoms with Crippen molar-refractivity contribution >= 4 is 46.7 Å². The summed E-state index contributed by atoms with van der Waals surface area (Å²) in [4.78, 5) is 41.1. The van der Waals surface area contributed by atoms with Gasteiger partial charge in [0.1, 0.15) is 17.2 Å². The number of hydrogen-bond donors (Lipinski definition) is 2. The van der Waals surface area contributed by atoms with Gasteiger partial charge in [0.15, 0.2) is 0 Å². The molecule has 12 heteroatoms. The van der Waals surface area contributed by atoms with E-state index < -0.39 is 11.9 Å². The molecule has 4 aliphatic rings. The Kier molecular flexibility index (Phi) is 11.7. The Morgan fingerprint density at radius 3 is 1.61 bits per heavy atom. The number of carboxylic acid groups (broad SMARTS) is 1. The summed E-state index contributed by atoms with van der Waals surface area (Å²) in [6.45, 7) is 4.94. The fraction of sp³-hybridized carbons (Fsp3) is 0.333. The number of halogens is 2. The van der Waals surface area contributed by atoms with Crippen LogP contribution in [-0.4, -0.2) is 100 Å². The highest BCUT2D eigenvalue weighted by Gasteiger charge is 2.39. The summed E-state index contributed by atoms with van der Waals surface area (Å²) in [7, 11) is 0. The van der Waals surface area contributed by atoms with Gasteiger partial charge in [-0.25, -0.2) is 14.8 Å². The number of nitrogens with zero attached hydrogens (tertiary/aromatic N) is 6. The molecular formula is C42H41Cl2N7O3. The number of piperazine rings is 2. The monoisotopic (exact) mass is 761 g/mol. The lowest BCUT2D eigenvalue weighted by Crippen LogP contribution is -2.53. The van der Waals surface area contributed by atoms with Crippen LogP contribution in [0, 0.1) is 23.7 Å². The predicted octanol–water partition coefficient (Wildman–Crippen LogP) is 5.68. The van der Waals surface area contributed by atoms with Crippen LogP contribution in [0.5, 0.6) is 0 Å². The minimum Gasteiger partial charge on any atom is -0.478 e. The first-order valence-electron chi connectivity index (χ1n) is 18.2. The quantitative estimate of drug-likeness (QED) is 0.254. The van der Waals surface area contributed by atoms with Gasteiger partial charge in [0.25, 0.3) is 5.91 Å². The maximum atomic E-state index is 11.7. The van der Waals surface area contributed by atoms with Crippen LogP contribution in [-0.2, 0) is 0 Å².